The second-order valence-electron chi connectivity index (χ2n) is 11.5. The first kappa shape index (κ1) is 27.4. The van der Waals surface area contributed by atoms with Crippen LogP contribution in [0.2, 0.25) is 18.6 Å². The third kappa shape index (κ3) is 4.24. The van der Waals surface area contributed by atoms with Crippen LogP contribution in [-0.2, 0) is 21.7 Å². The number of aliphatic hydroxyl groups excluding tert-OH is 1. The Morgan fingerprint density at radius 1 is 1.10 bits per heavy atom. The van der Waals surface area contributed by atoms with Gasteiger partial charge in [-0.2, -0.15) is 0 Å². The Labute approximate surface area is 238 Å². The number of aromatic amines is 1. The number of aromatic nitrogens is 2. The highest BCUT2D eigenvalue weighted by Crippen LogP contribution is 2.60. The van der Waals surface area contributed by atoms with Crippen molar-refractivity contribution in [2.24, 2.45) is 5.92 Å². The fourth-order valence-corrected chi connectivity index (χ4v) is 9.47. The van der Waals surface area contributed by atoms with Crippen LogP contribution in [0.5, 0.6) is 5.75 Å². The lowest BCUT2D eigenvalue weighted by Gasteiger charge is -2.31. The average Bonchev–Trinajstić information content (AvgIpc) is 3.53. The Hall–Kier alpha value is -3.73. The number of ether oxygens (including phenoxy) is 2. The van der Waals surface area contributed by atoms with Crippen molar-refractivity contribution in [3.63, 3.8) is 0 Å². The summed E-state index contributed by atoms with van der Waals surface area (Å²) < 4.78 is 29.4. The fraction of sp³-hybridized carbons (Fsp3) is 0.355. The van der Waals surface area contributed by atoms with Crippen LogP contribution in [0.15, 0.2) is 71.5 Å². The van der Waals surface area contributed by atoms with Crippen LogP contribution < -0.4 is 15.2 Å². The van der Waals surface area contributed by atoms with Gasteiger partial charge in [0, 0.05) is 23.6 Å². The Bertz CT molecular complexity index is 1700. The maximum Gasteiger partial charge on any atom is 0.279 e. The maximum atomic E-state index is 15.8. The molecule has 8 nitrogen and oxygen atoms in total. The number of carbonyl (C=O) groups is 1. The van der Waals surface area contributed by atoms with Crippen LogP contribution in [0, 0.1) is 5.92 Å². The van der Waals surface area contributed by atoms with Gasteiger partial charge in [0.15, 0.2) is 5.60 Å². The van der Waals surface area contributed by atoms with Crippen molar-refractivity contribution < 1.29 is 23.5 Å². The van der Waals surface area contributed by atoms with Gasteiger partial charge in [-0.1, -0.05) is 31.2 Å². The number of hydrogen-bond acceptors (Lipinski definition) is 5. The summed E-state index contributed by atoms with van der Waals surface area (Å²) in [5, 5.41) is 13.5. The summed E-state index contributed by atoms with van der Waals surface area (Å²) in [5.41, 5.74) is 1.51. The summed E-state index contributed by atoms with van der Waals surface area (Å²) in [7, 11) is -1.72. The summed E-state index contributed by atoms with van der Waals surface area (Å²) in [6, 6.07) is 20.3. The van der Waals surface area contributed by atoms with E-state index >= 15 is 4.11 Å². The van der Waals surface area contributed by atoms with E-state index in [4.69, 9.17) is 9.47 Å². The lowest BCUT2D eigenvalue weighted by atomic mass is 9.82. The van der Waals surface area contributed by atoms with Gasteiger partial charge in [0.2, 0.25) is 8.41 Å². The number of amides is 1. The van der Waals surface area contributed by atoms with Gasteiger partial charge >= 0.3 is 0 Å². The van der Waals surface area contributed by atoms with E-state index in [1.807, 2.05) is 61.5 Å². The molecule has 3 heterocycles. The molecule has 1 fully saturated rings. The second-order valence-corrected chi connectivity index (χ2v) is 15.3. The molecule has 0 unspecified atom stereocenters. The molecule has 0 aliphatic carbocycles. The van der Waals surface area contributed by atoms with Crippen LogP contribution in [0.25, 0.3) is 16.6 Å². The number of halogens is 1. The summed E-state index contributed by atoms with van der Waals surface area (Å²) in [4.78, 5) is 29.2. The Kier molecular flexibility index (Phi) is 6.67. The molecule has 2 aliphatic rings. The van der Waals surface area contributed by atoms with Crippen LogP contribution in [0.3, 0.4) is 0 Å². The quantitative estimate of drug-likeness (QED) is 0.238. The van der Waals surface area contributed by atoms with Gasteiger partial charge in [-0.3, -0.25) is 14.7 Å². The van der Waals surface area contributed by atoms with Crippen molar-refractivity contribution in [3.05, 3.63) is 88.2 Å². The number of carbonyl (C=O) groups excluding carboxylic acids is 1. The molecule has 0 radical (unpaired) electrons. The predicted octanol–water partition coefficient (Wildman–Crippen LogP) is 5.03. The van der Waals surface area contributed by atoms with Gasteiger partial charge in [0.05, 0.1) is 42.0 Å². The van der Waals surface area contributed by atoms with Crippen LogP contribution >= 0.6 is 0 Å². The number of nitrogens with one attached hydrogen (secondary N) is 1. The molecule has 2 aliphatic heterocycles. The molecular formula is C31H34FN3O5Si. The molecule has 1 saturated heterocycles. The number of para-hydroxylation sites is 1. The number of benzene rings is 3. The molecule has 1 amide bonds. The minimum absolute atomic E-state index is 0.154. The van der Waals surface area contributed by atoms with E-state index in [1.54, 1.807) is 37.2 Å². The number of aliphatic hydroxyl groups is 1. The molecular weight excluding hydrogens is 541 g/mol. The van der Waals surface area contributed by atoms with Gasteiger partial charge in [-0.15, -0.1) is 0 Å². The smallest absolute Gasteiger partial charge is 0.279 e. The fourth-order valence-electron chi connectivity index (χ4n) is 6.92. The molecule has 41 heavy (non-hydrogen) atoms. The molecule has 0 saturated carbocycles. The highest BCUT2D eigenvalue weighted by molar-refractivity contribution is 6.72. The molecule has 4 aromatic rings. The zero-order chi connectivity index (χ0) is 29.1. The highest BCUT2D eigenvalue weighted by Gasteiger charge is 2.66. The van der Waals surface area contributed by atoms with Crippen molar-refractivity contribution in [1.29, 1.82) is 0 Å². The number of hydrogen-bond donors (Lipinski definition) is 2. The molecule has 0 bridgehead atoms. The van der Waals surface area contributed by atoms with Crippen molar-refractivity contribution in [2.75, 3.05) is 18.6 Å². The maximum absolute atomic E-state index is 15.8. The number of methoxy groups -OCH3 is 1. The normalized spacial score (nSPS) is 24.0. The van der Waals surface area contributed by atoms with Crippen LogP contribution in [0.1, 0.15) is 24.5 Å². The van der Waals surface area contributed by atoms with Gasteiger partial charge in [0.1, 0.15) is 5.75 Å². The Morgan fingerprint density at radius 2 is 1.88 bits per heavy atom. The lowest BCUT2D eigenvalue weighted by Crippen LogP contribution is -2.45. The highest BCUT2D eigenvalue weighted by atomic mass is 28.4. The first-order valence-corrected chi connectivity index (χ1v) is 16.8. The number of anilines is 1. The number of nitrogens with zero attached hydrogens (tertiary/aromatic N) is 2. The standard InChI is InChI=1S/C31H34FN3O5Si/c1-19-28(41(3,4)32)27(14-15-36)40-31(19)24-17-22(39-2)12-13-26(24)34(30(31)38)18-20-8-7-9-21(16-20)35-29(37)23-10-5-6-11-25(23)33-35/h5-13,16-17,19,27-28,33,36H,14-15,18H2,1-4H3/t19-,27+,28-,31+/m0/s1. The van der Waals surface area contributed by atoms with E-state index in [-0.39, 0.29) is 31.0 Å². The Balaban J connectivity index is 1.42. The van der Waals surface area contributed by atoms with Gasteiger partial charge in [-0.25, -0.2) is 4.68 Å². The summed E-state index contributed by atoms with van der Waals surface area (Å²) in [5.74, 6) is -0.136. The monoisotopic (exact) mass is 575 g/mol. The third-order valence-corrected chi connectivity index (χ3v) is 11.1. The van der Waals surface area contributed by atoms with E-state index < -0.39 is 31.6 Å². The SMILES string of the molecule is COc1ccc2c(c1)[C@@]1(O[C@H](CCO)[C@@H]([Si](C)(C)F)[C@@H]1C)C(=O)N2Cc1cccc(-n2[nH]c3ccccc3c2=O)c1. The molecule has 1 spiro atoms. The van der Waals surface area contributed by atoms with Crippen molar-refractivity contribution in [1.82, 2.24) is 9.78 Å². The van der Waals surface area contributed by atoms with Crippen LogP contribution in [0.4, 0.5) is 9.80 Å². The lowest BCUT2D eigenvalue weighted by molar-refractivity contribution is -0.146. The Morgan fingerprint density at radius 3 is 2.59 bits per heavy atom. The van der Waals surface area contributed by atoms with Crippen molar-refractivity contribution >= 4 is 30.9 Å². The predicted molar refractivity (Wildman–Crippen MR) is 158 cm³/mol. The number of rotatable bonds is 7. The van der Waals surface area contributed by atoms with Gasteiger partial charge < -0.3 is 23.6 Å². The first-order valence-electron chi connectivity index (χ1n) is 13.9. The molecule has 10 heteroatoms. The van der Waals surface area contributed by atoms with Gasteiger partial charge in [0.25, 0.3) is 11.5 Å². The number of fused-ring (bicyclic) bond motifs is 3. The van der Waals surface area contributed by atoms with Crippen molar-refractivity contribution in [2.45, 2.75) is 50.2 Å². The van der Waals surface area contributed by atoms with Crippen molar-refractivity contribution in [3.8, 4) is 11.4 Å². The summed E-state index contributed by atoms with van der Waals surface area (Å²) >= 11 is 0. The first-order chi connectivity index (χ1) is 19.6. The van der Waals surface area contributed by atoms with E-state index in [2.05, 4.69) is 5.10 Å². The molecule has 3 aromatic carbocycles. The topological polar surface area (TPSA) is 96.8 Å². The van der Waals surface area contributed by atoms with E-state index in [0.717, 1.165) is 11.1 Å². The molecule has 4 atom stereocenters. The van der Waals surface area contributed by atoms with Gasteiger partial charge in [-0.05, 0) is 67.5 Å². The molecule has 6 rings (SSSR count). The van der Waals surface area contributed by atoms with E-state index in [9.17, 15) is 14.7 Å². The van der Waals surface area contributed by atoms with Crippen LogP contribution in [-0.4, -0.2) is 49.0 Å². The summed E-state index contributed by atoms with van der Waals surface area (Å²) in [6.45, 7) is 5.25. The molecule has 2 N–H and O–H groups in total. The largest absolute Gasteiger partial charge is 0.497 e. The zero-order valence-corrected chi connectivity index (χ0v) is 24.6. The minimum atomic E-state index is -3.29. The second kappa shape index (κ2) is 9.97. The summed E-state index contributed by atoms with van der Waals surface area (Å²) in [6.07, 6.45) is -0.327. The van der Waals surface area contributed by atoms with E-state index in [0.29, 0.717) is 28.1 Å². The third-order valence-electron chi connectivity index (χ3n) is 8.68. The molecule has 214 valence electrons. The average molecular weight is 576 g/mol. The number of H-pyrrole nitrogens is 1. The molecule has 1 aromatic heterocycles. The van der Waals surface area contributed by atoms with E-state index in [1.165, 1.54) is 4.68 Å². The minimum Gasteiger partial charge on any atom is -0.497 e. The zero-order valence-electron chi connectivity index (χ0n) is 23.6.